The smallest absolute Gasteiger partial charge is 0.0962 e. The summed E-state index contributed by atoms with van der Waals surface area (Å²) < 4.78 is 1.04. The third-order valence-electron chi connectivity index (χ3n) is 3.40. The van der Waals surface area contributed by atoms with E-state index in [-0.39, 0.29) is 0 Å². The van der Waals surface area contributed by atoms with Gasteiger partial charge in [0, 0.05) is 20.8 Å². The van der Waals surface area contributed by atoms with E-state index in [1.54, 1.807) is 0 Å². The molecule has 1 atom stereocenters. The van der Waals surface area contributed by atoms with Crippen molar-refractivity contribution >= 4 is 39.9 Å². The van der Waals surface area contributed by atoms with Crippen LogP contribution in [0.3, 0.4) is 0 Å². The van der Waals surface area contributed by atoms with Gasteiger partial charge in [-0.1, -0.05) is 49.7 Å². The van der Waals surface area contributed by atoms with E-state index in [1.165, 1.54) is 5.56 Å². The molecule has 0 spiro atoms. The van der Waals surface area contributed by atoms with E-state index in [1.807, 2.05) is 30.3 Å². The highest BCUT2D eigenvalue weighted by Crippen LogP contribution is 2.24. The molecule has 0 heterocycles. The van der Waals surface area contributed by atoms with Crippen molar-refractivity contribution in [3.63, 3.8) is 0 Å². The molecule has 0 aliphatic rings. The number of halogens is 2. The fourth-order valence-corrected chi connectivity index (χ4v) is 3.12. The lowest BCUT2D eigenvalue weighted by atomic mass is 10.00. The summed E-state index contributed by atoms with van der Waals surface area (Å²) in [5.41, 5.74) is 3.19. The first-order valence-corrected chi connectivity index (χ1v) is 8.40. The number of nitrogens with one attached hydrogen (secondary N) is 1. The molecule has 112 valence electrons. The van der Waals surface area contributed by atoms with Crippen LogP contribution >= 0.6 is 34.2 Å². The van der Waals surface area contributed by atoms with Crippen LogP contribution in [0.5, 0.6) is 0 Å². The Balaban J connectivity index is 1.99. The third kappa shape index (κ3) is 4.59. The second kappa shape index (κ2) is 7.47. The molecule has 2 aromatic carbocycles. The molecular formula is C17H19ClINO. The van der Waals surface area contributed by atoms with Gasteiger partial charge in [-0.15, -0.1) is 0 Å². The molecule has 2 N–H and O–H groups in total. The minimum Gasteiger partial charge on any atom is -0.387 e. The SMILES string of the molecule is CC(C)c1ccc(C(O)CNc2ccc(Cl)cc2I)cc1. The van der Waals surface area contributed by atoms with Gasteiger partial charge in [-0.25, -0.2) is 0 Å². The quantitative estimate of drug-likeness (QED) is 0.657. The first-order chi connectivity index (χ1) is 9.97. The monoisotopic (exact) mass is 415 g/mol. The van der Waals surface area contributed by atoms with Crippen molar-refractivity contribution in [1.29, 1.82) is 0 Å². The van der Waals surface area contributed by atoms with Gasteiger partial charge in [0.2, 0.25) is 0 Å². The molecule has 2 nitrogen and oxygen atoms in total. The van der Waals surface area contributed by atoms with Crippen LogP contribution in [0.2, 0.25) is 5.02 Å². The predicted octanol–water partition coefficient (Wildman–Crippen LogP) is 5.21. The highest BCUT2D eigenvalue weighted by Gasteiger charge is 2.09. The Bertz CT molecular complexity index is 598. The average molecular weight is 416 g/mol. The zero-order chi connectivity index (χ0) is 15.4. The van der Waals surface area contributed by atoms with E-state index in [4.69, 9.17) is 11.6 Å². The van der Waals surface area contributed by atoms with Crippen LogP contribution in [-0.4, -0.2) is 11.7 Å². The first-order valence-electron chi connectivity index (χ1n) is 6.94. The topological polar surface area (TPSA) is 32.3 Å². The number of aliphatic hydroxyl groups is 1. The first kappa shape index (κ1) is 16.6. The molecule has 0 bridgehead atoms. The molecule has 0 saturated heterocycles. The molecular weight excluding hydrogens is 397 g/mol. The van der Waals surface area contributed by atoms with E-state index >= 15 is 0 Å². The highest BCUT2D eigenvalue weighted by atomic mass is 127. The molecule has 4 heteroatoms. The van der Waals surface area contributed by atoms with E-state index in [9.17, 15) is 5.11 Å². The van der Waals surface area contributed by atoms with Gasteiger partial charge < -0.3 is 10.4 Å². The maximum atomic E-state index is 10.3. The van der Waals surface area contributed by atoms with Crippen molar-refractivity contribution in [1.82, 2.24) is 0 Å². The number of aliphatic hydroxyl groups excluding tert-OH is 1. The van der Waals surface area contributed by atoms with Gasteiger partial charge in [-0.05, 0) is 57.8 Å². The lowest BCUT2D eigenvalue weighted by Gasteiger charge is -2.15. The van der Waals surface area contributed by atoms with Crippen molar-refractivity contribution in [3.8, 4) is 0 Å². The number of anilines is 1. The van der Waals surface area contributed by atoms with Gasteiger partial charge in [0.1, 0.15) is 0 Å². The normalized spacial score (nSPS) is 12.5. The molecule has 0 amide bonds. The standard InChI is InChI=1S/C17H19ClINO/c1-11(2)12-3-5-13(6-4-12)17(21)10-20-16-8-7-14(18)9-15(16)19/h3-9,11,17,20-21H,10H2,1-2H3. The van der Waals surface area contributed by atoms with Crippen LogP contribution in [0.25, 0.3) is 0 Å². The molecule has 2 rings (SSSR count). The Morgan fingerprint density at radius 2 is 1.71 bits per heavy atom. The van der Waals surface area contributed by atoms with Crippen LogP contribution < -0.4 is 5.32 Å². The van der Waals surface area contributed by atoms with Crippen molar-refractivity contribution in [2.75, 3.05) is 11.9 Å². The molecule has 0 saturated carbocycles. The molecule has 1 unspecified atom stereocenters. The Hall–Kier alpha value is -0.780. The molecule has 0 aromatic heterocycles. The zero-order valence-corrected chi connectivity index (χ0v) is 15.0. The minimum atomic E-state index is -0.530. The molecule has 2 aromatic rings. The van der Waals surface area contributed by atoms with E-state index < -0.39 is 6.10 Å². The predicted molar refractivity (Wildman–Crippen MR) is 98.1 cm³/mol. The third-order valence-corrected chi connectivity index (χ3v) is 4.53. The summed E-state index contributed by atoms with van der Waals surface area (Å²) in [4.78, 5) is 0. The summed E-state index contributed by atoms with van der Waals surface area (Å²) >= 11 is 8.16. The Morgan fingerprint density at radius 3 is 2.29 bits per heavy atom. The van der Waals surface area contributed by atoms with Crippen LogP contribution in [-0.2, 0) is 0 Å². The molecule has 0 aliphatic heterocycles. The lowest BCUT2D eigenvalue weighted by Crippen LogP contribution is -2.12. The number of rotatable bonds is 5. The summed E-state index contributed by atoms with van der Waals surface area (Å²) in [5.74, 6) is 0.505. The Labute approximate surface area is 144 Å². The maximum absolute atomic E-state index is 10.3. The average Bonchev–Trinajstić information content (AvgIpc) is 2.46. The summed E-state index contributed by atoms with van der Waals surface area (Å²) in [5, 5.41) is 14.2. The van der Waals surface area contributed by atoms with Crippen LogP contribution in [0, 0.1) is 3.57 Å². The van der Waals surface area contributed by atoms with Gasteiger partial charge >= 0.3 is 0 Å². The molecule has 0 fully saturated rings. The van der Waals surface area contributed by atoms with Crippen molar-refractivity contribution in [2.45, 2.75) is 25.9 Å². The van der Waals surface area contributed by atoms with Gasteiger partial charge in [0.25, 0.3) is 0 Å². The number of hydrogen-bond acceptors (Lipinski definition) is 2. The zero-order valence-electron chi connectivity index (χ0n) is 12.1. The van der Waals surface area contributed by atoms with Crippen LogP contribution in [0.4, 0.5) is 5.69 Å². The Morgan fingerprint density at radius 1 is 1.10 bits per heavy atom. The van der Waals surface area contributed by atoms with E-state index in [2.05, 4.69) is 53.9 Å². The van der Waals surface area contributed by atoms with E-state index in [0.29, 0.717) is 12.5 Å². The molecule has 21 heavy (non-hydrogen) atoms. The summed E-state index contributed by atoms with van der Waals surface area (Å²) in [6, 6.07) is 13.8. The second-order valence-corrected chi connectivity index (χ2v) is 6.94. The second-order valence-electron chi connectivity index (χ2n) is 5.34. The van der Waals surface area contributed by atoms with E-state index in [0.717, 1.165) is 19.8 Å². The minimum absolute atomic E-state index is 0.471. The fraction of sp³-hybridized carbons (Fsp3) is 0.294. The molecule has 0 aliphatic carbocycles. The number of hydrogen-bond donors (Lipinski definition) is 2. The van der Waals surface area contributed by atoms with Gasteiger partial charge in [-0.3, -0.25) is 0 Å². The van der Waals surface area contributed by atoms with Crippen molar-refractivity contribution in [2.24, 2.45) is 0 Å². The summed E-state index contributed by atoms with van der Waals surface area (Å²) in [6.07, 6.45) is -0.530. The maximum Gasteiger partial charge on any atom is 0.0962 e. The van der Waals surface area contributed by atoms with Gasteiger partial charge in [0.15, 0.2) is 0 Å². The van der Waals surface area contributed by atoms with Crippen LogP contribution in [0.15, 0.2) is 42.5 Å². The van der Waals surface area contributed by atoms with Crippen LogP contribution in [0.1, 0.15) is 37.0 Å². The number of benzene rings is 2. The van der Waals surface area contributed by atoms with Crippen molar-refractivity contribution < 1.29 is 5.11 Å². The molecule has 0 radical (unpaired) electrons. The largest absolute Gasteiger partial charge is 0.387 e. The summed E-state index contributed by atoms with van der Waals surface area (Å²) in [6.45, 7) is 4.80. The lowest BCUT2D eigenvalue weighted by molar-refractivity contribution is 0.191. The van der Waals surface area contributed by atoms with Crippen molar-refractivity contribution in [3.05, 3.63) is 62.2 Å². The fourth-order valence-electron chi connectivity index (χ4n) is 2.06. The van der Waals surface area contributed by atoms with Gasteiger partial charge in [-0.2, -0.15) is 0 Å². The Kier molecular flexibility index (Phi) is 5.90. The highest BCUT2D eigenvalue weighted by molar-refractivity contribution is 14.1. The summed E-state index contributed by atoms with van der Waals surface area (Å²) in [7, 11) is 0. The van der Waals surface area contributed by atoms with Gasteiger partial charge in [0.05, 0.1) is 6.10 Å².